The molecule has 0 aliphatic heterocycles. The van der Waals surface area contributed by atoms with E-state index in [4.69, 9.17) is 11.5 Å². The maximum Gasteiger partial charge on any atom is 0.273 e. The van der Waals surface area contributed by atoms with Crippen molar-refractivity contribution in [2.75, 3.05) is 17.2 Å². The van der Waals surface area contributed by atoms with Crippen molar-refractivity contribution < 1.29 is 19.5 Å². The summed E-state index contributed by atoms with van der Waals surface area (Å²) in [6.07, 6.45) is 6.67. The minimum Gasteiger partial charge on any atom is -0.508 e. The number of hydrogen-bond donors (Lipinski definition) is 4. The number of phenols is 1. The fourth-order valence-corrected chi connectivity index (χ4v) is 5.86. The predicted molar refractivity (Wildman–Crippen MR) is 157 cm³/mol. The highest BCUT2D eigenvalue weighted by Gasteiger charge is 2.36. The molecule has 9 nitrogen and oxygen atoms in total. The van der Waals surface area contributed by atoms with Gasteiger partial charge in [-0.15, -0.1) is 0 Å². The highest BCUT2D eigenvalue weighted by molar-refractivity contribution is 7.09. The molecule has 1 saturated carbocycles. The van der Waals surface area contributed by atoms with E-state index in [-0.39, 0.29) is 27.9 Å². The number of anilines is 2. The van der Waals surface area contributed by atoms with E-state index in [1.165, 1.54) is 41.9 Å². The van der Waals surface area contributed by atoms with Gasteiger partial charge in [0, 0.05) is 12.2 Å². The summed E-state index contributed by atoms with van der Waals surface area (Å²) >= 11 is 0.771. The Kier molecular flexibility index (Phi) is 9.42. The number of hydrogen-bond acceptors (Lipinski definition) is 7. The monoisotopic (exact) mass is 563 g/mol. The minimum absolute atomic E-state index is 0.0175. The number of nitrogen functional groups attached to an aromatic ring is 1. The molecule has 10 heteroatoms. The van der Waals surface area contributed by atoms with Crippen molar-refractivity contribution in [3.63, 3.8) is 0 Å². The number of aromatic nitrogens is 1. The number of carbonyl (C=O) groups excluding carboxylic acids is 3. The molecule has 0 spiro atoms. The highest BCUT2D eigenvalue weighted by atomic mass is 32.1. The Morgan fingerprint density at radius 2 is 1.70 bits per heavy atom. The lowest BCUT2D eigenvalue weighted by molar-refractivity contribution is -0.122. The Morgan fingerprint density at radius 3 is 2.27 bits per heavy atom. The molecular formula is C30H37N5O4S. The van der Waals surface area contributed by atoms with Gasteiger partial charge in [0.25, 0.3) is 11.8 Å². The van der Waals surface area contributed by atoms with Crippen molar-refractivity contribution in [2.24, 2.45) is 11.7 Å². The molecule has 0 bridgehead atoms. The normalized spacial score (nSPS) is 14.6. The van der Waals surface area contributed by atoms with Crippen molar-refractivity contribution in [1.82, 2.24) is 9.69 Å². The maximum absolute atomic E-state index is 14.2. The van der Waals surface area contributed by atoms with Gasteiger partial charge in [-0.05, 0) is 78.0 Å². The molecule has 0 saturated heterocycles. The number of primary amides is 1. The summed E-state index contributed by atoms with van der Waals surface area (Å²) in [6, 6.07) is 12.8. The molecule has 212 valence electrons. The number of nitrogens with one attached hydrogen (secondary N) is 1. The van der Waals surface area contributed by atoms with Crippen LogP contribution >= 0.6 is 11.5 Å². The number of amides is 3. The van der Waals surface area contributed by atoms with Crippen LogP contribution in [0.4, 0.5) is 11.4 Å². The molecule has 0 radical (unpaired) electrons. The number of aromatic hydroxyl groups is 1. The van der Waals surface area contributed by atoms with Gasteiger partial charge in [0.2, 0.25) is 5.91 Å². The SMILES string of the molecule is CC(C)CCNC(=O)C(c1ccc(O)cc1)N(C(=O)c1snc(C(N)=O)c1N)c1ccc(C2CCCCC2)cc1. The molecule has 2 aromatic carbocycles. The molecule has 6 N–H and O–H groups in total. The Bertz CT molecular complexity index is 1330. The van der Waals surface area contributed by atoms with Crippen LogP contribution in [0.1, 0.15) is 95.6 Å². The summed E-state index contributed by atoms with van der Waals surface area (Å²) in [4.78, 5) is 41.2. The van der Waals surface area contributed by atoms with Crippen LogP contribution in [0.15, 0.2) is 48.5 Å². The molecule has 1 aliphatic rings. The zero-order valence-corrected chi connectivity index (χ0v) is 23.7. The molecule has 3 aromatic rings. The first-order valence-electron chi connectivity index (χ1n) is 13.7. The van der Waals surface area contributed by atoms with Crippen LogP contribution in [0.25, 0.3) is 0 Å². The van der Waals surface area contributed by atoms with Crippen LogP contribution < -0.4 is 21.7 Å². The Morgan fingerprint density at radius 1 is 1.05 bits per heavy atom. The van der Waals surface area contributed by atoms with Gasteiger partial charge in [-0.3, -0.25) is 19.3 Å². The fourth-order valence-electron chi connectivity index (χ4n) is 5.12. The third-order valence-corrected chi connectivity index (χ3v) is 8.21. The van der Waals surface area contributed by atoms with Crippen molar-refractivity contribution in [2.45, 2.75) is 64.3 Å². The zero-order chi connectivity index (χ0) is 28.8. The van der Waals surface area contributed by atoms with Gasteiger partial charge in [0.1, 0.15) is 16.7 Å². The summed E-state index contributed by atoms with van der Waals surface area (Å²) in [6.45, 7) is 4.56. The summed E-state index contributed by atoms with van der Waals surface area (Å²) in [5.41, 5.74) is 13.5. The molecule has 3 amide bonds. The van der Waals surface area contributed by atoms with E-state index in [0.29, 0.717) is 29.6 Å². The number of rotatable bonds is 10. The number of nitrogens with two attached hydrogens (primary N) is 2. The van der Waals surface area contributed by atoms with Crippen molar-refractivity contribution in [3.05, 3.63) is 70.2 Å². The lowest BCUT2D eigenvalue weighted by Crippen LogP contribution is -2.44. The van der Waals surface area contributed by atoms with E-state index in [2.05, 4.69) is 23.5 Å². The minimum atomic E-state index is -1.08. The van der Waals surface area contributed by atoms with E-state index in [1.807, 2.05) is 24.3 Å². The summed E-state index contributed by atoms with van der Waals surface area (Å²) in [5, 5.41) is 12.9. The first kappa shape index (κ1) is 29.1. The first-order valence-corrected chi connectivity index (χ1v) is 14.5. The average molecular weight is 564 g/mol. The van der Waals surface area contributed by atoms with Gasteiger partial charge in [-0.2, -0.15) is 4.37 Å². The van der Waals surface area contributed by atoms with Gasteiger partial charge >= 0.3 is 0 Å². The van der Waals surface area contributed by atoms with Crippen molar-refractivity contribution in [1.29, 1.82) is 0 Å². The van der Waals surface area contributed by atoms with E-state index in [0.717, 1.165) is 30.8 Å². The molecule has 4 rings (SSSR count). The second-order valence-electron chi connectivity index (χ2n) is 10.7. The van der Waals surface area contributed by atoms with E-state index < -0.39 is 17.9 Å². The van der Waals surface area contributed by atoms with Crippen molar-refractivity contribution >= 4 is 40.6 Å². The summed E-state index contributed by atoms with van der Waals surface area (Å²) in [5.74, 6) is -0.914. The molecule has 1 fully saturated rings. The average Bonchev–Trinajstić information content (AvgIpc) is 3.34. The van der Waals surface area contributed by atoms with Crippen LogP contribution in [0, 0.1) is 5.92 Å². The largest absolute Gasteiger partial charge is 0.508 e. The smallest absolute Gasteiger partial charge is 0.273 e. The molecule has 1 heterocycles. The van der Waals surface area contributed by atoms with Crippen LogP contribution in [0.2, 0.25) is 0 Å². The van der Waals surface area contributed by atoms with Gasteiger partial charge in [-0.1, -0.05) is 57.4 Å². The number of nitrogens with zero attached hydrogens (tertiary/aromatic N) is 2. The quantitative estimate of drug-likeness (QED) is 0.268. The van der Waals surface area contributed by atoms with Gasteiger partial charge < -0.3 is 21.9 Å². The third kappa shape index (κ3) is 6.62. The second kappa shape index (κ2) is 13.0. The molecule has 1 aliphatic carbocycles. The maximum atomic E-state index is 14.2. The van der Waals surface area contributed by atoms with Gasteiger partial charge in [0.15, 0.2) is 5.69 Å². The van der Waals surface area contributed by atoms with Gasteiger partial charge in [0.05, 0.1) is 5.69 Å². The van der Waals surface area contributed by atoms with Crippen LogP contribution in [-0.4, -0.2) is 33.7 Å². The van der Waals surface area contributed by atoms with Crippen LogP contribution in [0.3, 0.4) is 0 Å². The number of benzene rings is 2. The Hall–Kier alpha value is -3.92. The van der Waals surface area contributed by atoms with Crippen LogP contribution in [-0.2, 0) is 4.79 Å². The van der Waals surface area contributed by atoms with E-state index in [1.54, 1.807) is 12.1 Å². The molecular weight excluding hydrogens is 526 g/mol. The summed E-state index contributed by atoms with van der Waals surface area (Å²) < 4.78 is 4.01. The first-order chi connectivity index (χ1) is 19.2. The topological polar surface area (TPSA) is 152 Å². The number of phenolic OH excluding ortho intramolecular Hbond substituents is 1. The molecule has 1 aromatic heterocycles. The Labute approximate surface area is 238 Å². The second-order valence-corrected chi connectivity index (χ2v) is 11.5. The molecule has 1 unspecified atom stereocenters. The molecule has 40 heavy (non-hydrogen) atoms. The molecule has 1 atom stereocenters. The van der Waals surface area contributed by atoms with E-state index >= 15 is 0 Å². The lowest BCUT2D eigenvalue weighted by atomic mass is 9.84. The van der Waals surface area contributed by atoms with Gasteiger partial charge in [-0.25, -0.2) is 0 Å². The predicted octanol–water partition coefficient (Wildman–Crippen LogP) is 5.13. The summed E-state index contributed by atoms with van der Waals surface area (Å²) in [7, 11) is 0. The zero-order valence-electron chi connectivity index (χ0n) is 22.9. The Balaban J connectivity index is 1.80. The highest BCUT2D eigenvalue weighted by Crippen LogP contribution is 2.37. The number of carbonyl (C=O) groups is 3. The fraction of sp³-hybridized carbons (Fsp3) is 0.400. The van der Waals surface area contributed by atoms with Crippen LogP contribution in [0.5, 0.6) is 5.75 Å². The van der Waals surface area contributed by atoms with E-state index in [9.17, 15) is 19.5 Å². The lowest BCUT2D eigenvalue weighted by Gasteiger charge is -2.32. The third-order valence-electron chi connectivity index (χ3n) is 7.36. The van der Waals surface area contributed by atoms with Crippen molar-refractivity contribution in [3.8, 4) is 5.75 Å². The standard InChI is InChI=1S/C30H37N5O4S/c1-18(2)16-17-33-29(38)26(21-10-14-23(36)15-11-21)35(30(39)27-24(31)25(28(32)37)34-40-27)22-12-8-20(9-13-22)19-6-4-3-5-7-19/h8-15,18-19,26,36H,3-7,16-17,31H2,1-2H3,(H2,32,37)(H,33,38).